The lowest BCUT2D eigenvalue weighted by Crippen LogP contribution is -2.61. The van der Waals surface area contributed by atoms with Crippen LogP contribution in [0.4, 0.5) is 0 Å². The number of fused-ring (bicyclic) bond motifs is 5. The summed E-state index contributed by atoms with van der Waals surface area (Å²) in [6, 6.07) is 0. The molecule has 0 aromatic rings. The van der Waals surface area contributed by atoms with E-state index in [2.05, 4.69) is 43.4 Å². The van der Waals surface area contributed by atoms with Gasteiger partial charge < -0.3 is 9.84 Å². The van der Waals surface area contributed by atoms with Crippen LogP contribution in [0, 0.1) is 46.3 Å². The first-order valence-corrected chi connectivity index (χ1v) is 13.1. The highest BCUT2D eigenvalue weighted by Crippen LogP contribution is 2.68. The van der Waals surface area contributed by atoms with Crippen molar-refractivity contribution in [1.82, 2.24) is 0 Å². The summed E-state index contributed by atoms with van der Waals surface area (Å²) in [5.41, 5.74) is 0.0552. The maximum absolute atomic E-state index is 12.5. The maximum Gasteiger partial charge on any atom is 0.316 e. The van der Waals surface area contributed by atoms with Gasteiger partial charge in [0.25, 0.3) is 0 Å². The van der Waals surface area contributed by atoms with Crippen LogP contribution in [-0.4, -0.2) is 33.5 Å². The highest BCUT2D eigenvalue weighted by Gasteiger charge is 2.65. The van der Waals surface area contributed by atoms with Gasteiger partial charge in [-0.25, -0.2) is 0 Å². The number of esters is 1. The minimum atomic E-state index is -0.206. The molecule has 0 aliphatic heterocycles. The van der Waals surface area contributed by atoms with Crippen molar-refractivity contribution in [3.8, 4) is 0 Å². The van der Waals surface area contributed by atoms with Crippen LogP contribution in [0.5, 0.6) is 0 Å². The lowest BCUT2D eigenvalue weighted by Gasteiger charge is -2.63. The second-order valence-corrected chi connectivity index (χ2v) is 11.9. The number of carbonyl (C=O) groups is 2. The van der Waals surface area contributed by atoms with E-state index in [-0.39, 0.29) is 40.8 Å². The Labute approximate surface area is 189 Å². The predicted molar refractivity (Wildman–Crippen MR) is 121 cm³/mol. The third-order valence-corrected chi connectivity index (χ3v) is 10.4. The molecule has 4 unspecified atom stereocenters. The summed E-state index contributed by atoms with van der Waals surface area (Å²) in [4.78, 5) is 24.9. The Morgan fingerprint density at radius 2 is 1.83 bits per heavy atom. The molecule has 0 aromatic heterocycles. The van der Waals surface area contributed by atoms with E-state index in [4.69, 9.17) is 4.74 Å². The summed E-state index contributed by atoms with van der Waals surface area (Å²) < 4.78 is 6.54. The van der Waals surface area contributed by atoms with Crippen molar-refractivity contribution in [1.29, 1.82) is 0 Å². The number of ether oxygens (including phenoxy) is 1. The fourth-order valence-electron chi connectivity index (χ4n) is 8.66. The lowest BCUT2D eigenvalue weighted by atomic mass is 9.43. The molecule has 0 heterocycles. The third kappa shape index (κ3) is 3.41. The fraction of sp³-hybridized carbons (Fsp3) is 0.917. The van der Waals surface area contributed by atoms with E-state index in [1.807, 2.05) is 0 Å². The van der Waals surface area contributed by atoms with Crippen molar-refractivity contribution in [3.63, 3.8) is 0 Å². The van der Waals surface area contributed by atoms with E-state index in [9.17, 15) is 14.7 Å². The Balaban J connectivity index is 1.73. The van der Waals surface area contributed by atoms with E-state index in [1.54, 1.807) is 6.92 Å². The van der Waals surface area contributed by atoms with Crippen LogP contribution in [-0.2, 0) is 14.3 Å². The standard InChI is InChI=1S/C24H37IO4/c1-13-10-23(3)15(9-19(13)27)5-6-16-18-8-7-17(14(2)26)24(18,4)11-20(22(16)23)29-21(28)12-25/h13,15-20,22,27H,5-12H2,1-4H3/t13?,15?,16-,17+,18-,19?,20?,22+,23-,24+/m0/s1. The minimum Gasteiger partial charge on any atom is -0.461 e. The van der Waals surface area contributed by atoms with Crippen molar-refractivity contribution in [2.75, 3.05) is 4.43 Å². The molecule has 0 saturated heterocycles. The van der Waals surface area contributed by atoms with Gasteiger partial charge in [0, 0.05) is 11.8 Å². The average molecular weight is 516 g/mol. The average Bonchev–Trinajstić information content (AvgIpc) is 2.99. The Hall–Kier alpha value is -0.170. The Morgan fingerprint density at radius 1 is 1.10 bits per heavy atom. The van der Waals surface area contributed by atoms with E-state index in [0.717, 1.165) is 44.9 Å². The SMILES string of the molecule is CC(=O)[C@H]1CC[C@H]2[C@@H]3CCC4CC(O)C(C)C[C@]4(C)[C@H]3C(OC(=O)CI)C[C@]12C. The molecule has 10 atom stereocenters. The molecule has 4 aliphatic rings. The Bertz CT molecular complexity index is 680. The summed E-state index contributed by atoms with van der Waals surface area (Å²) in [6.07, 6.45) is 6.84. The van der Waals surface area contributed by atoms with Crippen LogP contribution in [0.2, 0.25) is 0 Å². The highest BCUT2D eigenvalue weighted by atomic mass is 127. The second-order valence-electron chi connectivity index (χ2n) is 11.2. The molecule has 29 heavy (non-hydrogen) atoms. The number of alkyl halides is 1. The van der Waals surface area contributed by atoms with Crippen molar-refractivity contribution in [2.24, 2.45) is 46.3 Å². The van der Waals surface area contributed by atoms with Gasteiger partial charge in [-0.05, 0) is 86.4 Å². The summed E-state index contributed by atoms with van der Waals surface area (Å²) in [6.45, 7) is 8.65. The number of halogens is 1. The molecule has 4 rings (SSSR count). The van der Waals surface area contributed by atoms with Gasteiger partial charge in [-0.2, -0.15) is 0 Å². The minimum absolute atomic E-state index is 0.0494. The van der Waals surface area contributed by atoms with Crippen LogP contribution in [0.3, 0.4) is 0 Å². The highest BCUT2D eigenvalue weighted by molar-refractivity contribution is 14.1. The quantitative estimate of drug-likeness (QED) is 0.333. The van der Waals surface area contributed by atoms with Gasteiger partial charge in [-0.3, -0.25) is 9.59 Å². The van der Waals surface area contributed by atoms with Gasteiger partial charge in [0.05, 0.1) is 10.5 Å². The largest absolute Gasteiger partial charge is 0.461 e. The molecular formula is C24H37IO4. The zero-order chi connectivity index (χ0) is 21.1. The predicted octanol–water partition coefficient (Wildman–Crippen LogP) is 4.80. The molecular weight excluding hydrogens is 479 g/mol. The molecule has 5 heteroatoms. The van der Waals surface area contributed by atoms with Crippen molar-refractivity contribution < 1.29 is 19.4 Å². The Morgan fingerprint density at radius 3 is 2.48 bits per heavy atom. The summed E-state index contributed by atoms with van der Waals surface area (Å²) >= 11 is 2.09. The van der Waals surface area contributed by atoms with Gasteiger partial charge in [-0.1, -0.05) is 43.4 Å². The van der Waals surface area contributed by atoms with Crippen LogP contribution in [0.1, 0.15) is 72.6 Å². The third-order valence-electron chi connectivity index (χ3n) is 9.80. The summed E-state index contributed by atoms with van der Waals surface area (Å²) in [5.74, 6) is 2.51. The van der Waals surface area contributed by atoms with Crippen molar-refractivity contribution in [2.45, 2.75) is 84.8 Å². The van der Waals surface area contributed by atoms with E-state index in [0.29, 0.717) is 33.9 Å². The molecule has 4 nitrogen and oxygen atoms in total. The summed E-state index contributed by atoms with van der Waals surface area (Å²) in [5, 5.41) is 10.5. The zero-order valence-corrected chi connectivity index (χ0v) is 20.5. The number of hydrogen-bond donors (Lipinski definition) is 1. The fourth-order valence-corrected chi connectivity index (χ4v) is 8.84. The Kier molecular flexibility index (Phi) is 5.89. The van der Waals surface area contributed by atoms with Gasteiger partial charge in [0.2, 0.25) is 0 Å². The number of Topliss-reactive ketones (excluding diaryl/α,β-unsaturated/α-hetero) is 1. The smallest absolute Gasteiger partial charge is 0.316 e. The first-order chi connectivity index (χ1) is 13.6. The number of rotatable bonds is 3. The molecule has 0 aromatic carbocycles. The number of carbonyl (C=O) groups excluding carboxylic acids is 2. The van der Waals surface area contributed by atoms with Gasteiger partial charge in [0.1, 0.15) is 11.9 Å². The number of ketones is 1. The normalized spacial score (nSPS) is 51.5. The van der Waals surface area contributed by atoms with Crippen LogP contribution in [0.25, 0.3) is 0 Å². The molecule has 0 amide bonds. The first kappa shape index (κ1) is 22.0. The van der Waals surface area contributed by atoms with Crippen LogP contribution >= 0.6 is 22.6 Å². The molecule has 4 saturated carbocycles. The van der Waals surface area contributed by atoms with E-state index in [1.165, 1.54) is 0 Å². The molecule has 0 radical (unpaired) electrons. The maximum atomic E-state index is 12.5. The van der Waals surface area contributed by atoms with Crippen LogP contribution < -0.4 is 0 Å². The van der Waals surface area contributed by atoms with Gasteiger partial charge in [0.15, 0.2) is 0 Å². The van der Waals surface area contributed by atoms with E-state index >= 15 is 0 Å². The number of hydrogen-bond acceptors (Lipinski definition) is 4. The molecule has 4 aliphatic carbocycles. The second kappa shape index (κ2) is 7.75. The van der Waals surface area contributed by atoms with Crippen molar-refractivity contribution in [3.05, 3.63) is 0 Å². The molecule has 0 spiro atoms. The molecule has 0 bridgehead atoms. The number of aliphatic hydroxyl groups excluding tert-OH is 1. The monoisotopic (exact) mass is 516 g/mol. The molecule has 4 fully saturated rings. The first-order valence-electron chi connectivity index (χ1n) is 11.6. The number of aliphatic hydroxyl groups is 1. The molecule has 164 valence electrons. The molecule has 1 N–H and O–H groups in total. The lowest BCUT2D eigenvalue weighted by molar-refractivity contribution is -0.202. The van der Waals surface area contributed by atoms with Gasteiger partial charge >= 0.3 is 5.97 Å². The van der Waals surface area contributed by atoms with Crippen LogP contribution in [0.15, 0.2) is 0 Å². The topological polar surface area (TPSA) is 63.6 Å². The van der Waals surface area contributed by atoms with E-state index < -0.39 is 0 Å². The zero-order valence-electron chi connectivity index (χ0n) is 18.3. The van der Waals surface area contributed by atoms with Crippen molar-refractivity contribution >= 4 is 34.3 Å². The summed E-state index contributed by atoms with van der Waals surface area (Å²) in [7, 11) is 0. The van der Waals surface area contributed by atoms with Gasteiger partial charge in [-0.15, -0.1) is 0 Å².